The second kappa shape index (κ2) is 10.6. The molecule has 0 heterocycles. The van der Waals surface area contributed by atoms with Gasteiger partial charge in [-0.1, -0.05) is 13.8 Å². The SMILES string of the molecule is CC(C)CO[Si](OCC(C)N)(OCC(C)N)OCC(C)N. The minimum absolute atomic E-state index is 0.141. The Hall–Kier alpha value is -0.0631. The molecular weight excluding hydrogens is 290 g/mol. The van der Waals surface area contributed by atoms with Gasteiger partial charge in [0.05, 0.1) is 19.8 Å². The van der Waals surface area contributed by atoms with E-state index in [2.05, 4.69) is 0 Å². The smallest absolute Gasteiger partial charge is 0.351 e. The average molecular weight is 324 g/mol. The molecule has 21 heavy (non-hydrogen) atoms. The van der Waals surface area contributed by atoms with Gasteiger partial charge in [0.1, 0.15) is 0 Å². The third-order valence-electron chi connectivity index (χ3n) is 2.16. The molecule has 0 aromatic carbocycles. The van der Waals surface area contributed by atoms with Crippen LogP contribution in [0, 0.1) is 5.92 Å². The van der Waals surface area contributed by atoms with Gasteiger partial charge in [0, 0.05) is 24.7 Å². The first-order chi connectivity index (χ1) is 9.67. The standard InChI is InChI=1S/C13H33N3O4Si/c1-10(2)6-17-21(18-7-11(3)14,19-8-12(4)15)20-9-13(5)16/h10-13H,6-9,14-16H2,1-5H3. The van der Waals surface area contributed by atoms with E-state index < -0.39 is 9.05 Å². The van der Waals surface area contributed by atoms with Crippen molar-refractivity contribution in [1.82, 2.24) is 0 Å². The first-order valence-electron chi connectivity index (χ1n) is 7.49. The van der Waals surface area contributed by atoms with E-state index in [0.29, 0.717) is 32.3 Å². The monoisotopic (exact) mass is 323 g/mol. The van der Waals surface area contributed by atoms with Crippen LogP contribution in [-0.4, -0.2) is 53.6 Å². The molecule has 0 amide bonds. The van der Waals surface area contributed by atoms with E-state index in [0.717, 1.165) is 0 Å². The van der Waals surface area contributed by atoms with E-state index in [1.807, 2.05) is 34.6 Å². The van der Waals surface area contributed by atoms with E-state index >= 15 is 0 Å². The van der Waals surface area contributed by atoms with Gasteiger partial charge < -0.3 is 34.9 Å². The van der Waals surface area contributed by atoms with Gasteiger partial charge in [0.2, 0.25) is 0 Å². The summed E-state index contributed by atoms with van der Waals surface area (Å²) in [6, 6.07) is -0.424. The third kappa shape index (κ3) is 11.2. The van der Waals surface area contributed by atoms with E-state index in [1.165, 1.54) is 0 Å². The zero-order valence-corrected chi connectivity index (χ0v) is 15.0. The van der Waals surface area contributed by atoms with Crippen LogP contribution < -0.4 is 17.2 Å². The quantitative estimate of drug-likeness (QED) is 0.439. The topological polar surface area (TPSA) is 115 Å². The molecule has 0 saturated heterocycles. The maximum Gasteiger partial charge on any atom is 0.679 e. The Morgan fingerprint density at radius 1 is 0.619 bits per heavy atom. The van der Waals surface area contributed by atoms with Crippen LogP contribution in [0.2, 0.25) is 0 Å². The molecule has 0 aromatic heterocycles. The minimum Gasteiger partial charge on any atom is -0.351 e. The second-order valence-electron chi connectivity index (χ2n) is 6.07. The molecule has 0 aliphatic heterocycles. The van der Waals surface area contributed by atoms with Crippen LogP contribution in [0.25, 0.3) is 0 Å². The number of nitrogens with two attached hydrogens (primary N) is 3. The predicted octanol–water partition coefficient (Wildman–Crippen LogP) is 0.186. The lowest BCUT2D eigenvalue weighted by molar-refractivity contribution is -0.0446. The van der Waals surface area contributed by atoms with Crippen molar-refractivity contribution in [2.45, 2.75) is 52.7 Å². The largest absolute Gasteiger partial charge is 0.679 e. The molecule has 0 aromatic rings. The zero-order chi connectivity index (χ0) is 16.5. The van der Waals surface area contributed by atoms with Crippen LogP contribution in [0.4, 0.5) is 0 Å². The van der Waals surface area contributed by atoms with Crippen LogP contribution in [0.15, 0.2) is 0 Å². The lowest BCUT2D eigenvalue weighted by Gasteiger charge is -2.30. The molecule has 0 saturated carbocycles. The average Bonchev–Trinajstić information content (AvgIpc) is 2.36. The fourth-order valence-electron chi connectivity index (χ4n) is 1.22. The van der Waals surface area contributed by atoms with Crippen molar-refractivity contribution in [2.24, 2.45) is 23.1 Å². The highest BCUT2D eigenvalue weighted by atomic mass is 28.4. The normalized spacial score (nSPS) is 19.3. The Labute approximate surface area is 129 Å². The maximum atomic E-state index is 5.85. The maximum absolute atomic E-state index is 5.85. The van der Waals surface area contributed by atoms with Crippen LogP contribution in [-0.2, 0) is 17.7 Å². The molecule has 0 rings (SSSR count). The van der Waals surface area contributed by atoms with Gasteiger partial charge in [-0.05, 0) is 26.7 Å². The van der Waals surface area contributed by atoms with E-state index in [1.54, 1.807) is 0 Å². The summed E-state index contributed by atoms with van der Waals surface area (Å²) < 4.78 is 23.2. The molecule has 8 heteroatoms. The molecular formula is C13H33N3O4Si. The number of rotatable bonds is 12. The fraction of sp³-hybridized carbons (Fsp3) is 1.00. The van der Waals surface area contributed by atoms with Crippen LogP contribution in [0.1, 0.15) is 34.6 Å². The van der Waals surface area contributed by atoms with Crippen molar-refractivity contribution in [3.05, 3.63) is 0 Å². The molecule has 3 unspecified atom stereocenters. The molecule has 0 aliphatic carbocycles. The van der Waals surface area contributed by atoms with Gasteiger partial charge in [0.15, 0.2) is 0 Å². The van der Waals surface area contributed by atoms with Crippen LogP contribution >= 0.6 is 0 Å². The molecule has 0 radical (unpaired) electrons. The predicted molar refractivity (Wildman–Crippen MR) is 85.3 cm³/mol. The Balaban J connectivity index is 4.85. The van der Waals surface area contributed by atoms with Crippen LogP contribution in [0.5, 0.6) is 0 Å². The van der Waals surface area contributed by atoms with Gasteiger partial charge in [0.25, 0.3) is 0 Å². The molecule has 128 valence electrons. The summed E-state index contributed by atoms with van der Waals surface area (Å²) in [6.45, 7) is 11.0. The van der Waals surface area contributed by atoms with Crippen molar-refractivity contribution >= 4 is 9.05 Å². The summed E-state index contributed by atoms with van der Waals surface area (Å²) in [5.74, 6) is 0.327. The zero-order valence-electron chi connectivity index (χ0n) is 14.0. The van der Waals surface area contributed by atoms with Crippen molar-refractivity contribution in [3.8, 4) is 0 Å². The molecule has 0 aliphatic rings. The van der Waals surface area contributed by atoms with Gasteiger partial charge >= 0.3 is 9.05 Å². The van der Waals surface area contributed by atoms with E-state index in [-0.39, 0.29) is 18.1 Å². The van der Waals surface area contributed by atoms with Crippen LogP contribution in [0.3, 0.4) is 0 Å². The summed E-state index contributed by atoms with van der Waals surface area (Å²) in [7, 11) is -3.29. The molecule has 0 bridgehead atoms. The molecule has 6 N–H and O–H groups in total. The summed E-state index contributed by atoms with van der Waals surface area (Å²) in [4.78, 5) is 0. The lowest BCUT2D eigenvalue weighted by Crippen LogP contribution is -2.54. The molecule has 0 spiro atoms. The van der Waals surface area contributed by atoms with Crippen molar-refractivity contribution in [3.63, 3.8) is 0 Å². The highest BCUT2D eigenvalue weighted by Gasteiger charge is 2.46. The Bertz CT molecular complexity index is 212. The van der Waals surface area contributed by atoms with E-state index in [4.69, 9.17) is 34.9 Å². The van der Waals surface area contributed by atoms with Gasteiger partial charge in [-0.2, -0.15) is 0 Å². The minimum atomic E-state index is -3.29. The van der Waals surface area contributed by atoms with Crippen molar-refractivity contribution in [2.75, 3.05) is 26.4 Å². The molecule has 7 nitrogen and oxygen atoms in total. The van der Waals surface area contributed by atoms with Gasteiger partial charge in [-0.3, -0.25) is 0 Å². The summed E-state index contributed by atoms with van der Waals surface area (Å²) >= 11 is 0. The Morgan fingerprint density at radius 2 is 0.905 bits per heavy atom. The summed E-state index contributed by atoms with van der Waals surface area (Å²) in [6.07, 6.45) is 0. The lowest BCUT2D eigenvalue weighted by atomic mass is 10.2. The third-order valence-corrected chi connectivity index (χ3v) is 4.24. The van der Waals surface area contributed by atoms with Gasteiger partial charge in [-0.25, -0.2) is 0 Å². The first kappa shape index (κ1) is 20.9. The number of hydrogen-bond acceptors (Lipinski definition) is 7. The Morgan fingerprint density at radius 3 is 1.14 bits per heavy atom. The summed E-state index contributed by atoms with van der Waals surface area (Å²) in [5, 5.41) is 0. The molecule has 0 fully saturated rings. The first-order valence-corrected chi connectivity index (χ1v) is 9.12. The van der Waals surface area contributed by atoms with E-state index in [9.17, 15) is 0 Å². The number of hydrogen-bond donors (Lipinski definition) is 3. The Kier molecular flexibility index (Phi) is 10.6. The van der Waals surface area contributed by atoms with Crippen molar-refractivity contribution < 1.29 is 17.7 Å². The van der Waals surface area contributed by atoms with Gasteiger partial charge in [-0.15, -0.1) is 0 Å². The highest BCUT2D eigenvalue weighted by Crippen LogP contribution is 2.15. The summed E-state index contributed by atoms with van der Waals surface area (Å²) in [5.41, 5.74) is 17.2. The van der Waals surface area contributed by atoms with Crippen molar-refractivity contribution in [1.29, 1.82) is 0 Å². The fourth-order valence-corrected chi connectivity index (χ4v) is 3.66. The second-order valence-corrected chi connectivity index (χ2v) is 8.22. The molecule has 3 atom stereocenters. The highest BCUT2D eigenvalue weighted by molar-refractivity contribution is 6.53.